The second-order valence-electron chi connectivity index (χ2n) is 4.52. The maximum absolute atomic E-state index is 5.95. The summed E-state index contributed by atoms with van der Waals surface area (Å²) in [7, 11) is 0. The summed E-state index contributed by atoms with van der Waals surface area (Å²) in [5.74, 6) is 0. The topological polar surface area (TPSA) is 28.7 Å². The van der Waals surface area contributed by atoms with E-state index in [9.17, 15) is 0 Å². The lowest BCUT2D eigenvalue weighted by Gasteiger charge is -2.18. The Hall–Kier alpha value is -1.02. The molecule has 0 aliphatic heterocycles. The molecule has 1 N–H and O–H groups in total. The lowest BCUT2D eigenvalue weighted by molar-refractivity contribution is 0.591. The van der Waals surface area contributed by atoms with Gasteiger partial charge in [-0.15, -0.1) is 0 Å². The molecule has 0 aliphatic rings. The van der Waals surface area contributed by atoms with Gasteiger partial charge in [-0.1, -0.05) is 38.4 Å². The summed E-state index contributed by atoms with van der Waals surface area (Å²) in [4.78, 5) is 0. The molecule has 0 spiro atoms. The number of aromatic nitrogens is 2. The van der Waals surface area contributed by atoms with Gasteiger partial charge in [0.1, 0.15) is 0 Å². The van der Waals surface area contributed by atoms with Crippen molar-refractivity contribution < 1.29 is 0 Å². The van der Waals surface area contributed by atoms with Gasteiger partial charge in [0, 0.05) is 5.39 Å². The van der Waals surface area contributed by atoms with Crippen molar-refractivity contribution in [3.8, 4) is 0 Å². The molecule has 0 atom stereocenters. The molecule has 1 aromatic carbocycles. The van der Waals surface area contributed by atoms with Gasteiger partial charge in [-0.3, -0.25) is 5.10 Å². The van der Waals surface area contributed by atoms with Crippen LogP contribution in [0.5, 0.6) is 0 Å². The Balaban J connectivity index is 2.66. The molecule has 74 valence electrons. The third kappa shape index (κ3) is 1.50. The molecule has 3 heteroatoms. The van der Waals surface area contributed by atoms with E-state index < -0.39 is 0 Å². The quantitative estimate of drug-likeness (QED) is 0.705. The van der Waals surface area contributed by atoms with Crippen LogP contribution in [0.25, 0.3) is 10.9 Å². The molecule has 0 amide bonds. The van der Waals surface area contributed by atoms with E-state index >= 15 is 0 Å². The van der Waals surface area contributed by atoms with Gasteiger partial charge in [0.15, 0.2) is 5.15 Å². The zero-order valence-electron chi connectivity index (χ0n) is 8.56. The van der Waals surface area contributed by atoms with Crippen LogP contribution in [0.3, 0.4) is 0 Å². The van der Waals surface area contributed by atoms with Crippen molar-refractivity contribution in [3.05, 3.63) is 28.9 Å². The van der Waals surface area contributed by atoms with Crippen LogP contribution in [-0.4, -0.2) is 10.2 Å². The highest BCUT2D eigenvalue weighted by atomic mass is 35.5. The average Bonchev–Trinajstić information content (AvgIpc) is 2.46. The molecule has 1 heterocycles. The van der Waals surface area contributed by atoms with Crippen molar-refractivity contribution >= 4 is 22.5 Å². The van der Waals surface area contributed by atoms with E-state index in [0.29, 0.717) is 5.15 Å². The van der Waals surface area contributed by atoms with Crippen LogP contribution in [0, 0.1) is 0 Å². The van der Waals surface area contributed by atoms with Crippen LogP contribution >= 0.6 is 11.6 Å². The summed E-state index contributed by atoms with van der Waals surface area (Å²) in [6.45, 7) is 6.55. The molecule has 0 bridgehead atoms. The van der Waals surface area contributed by atoms with E-state index in [1.165, 1.54) is 5.56 Å². The lowest BCUT2D eigenvalue weighted by atomic mass is 9.86. The summed E-state index contributed by atoms with van der Waals surface area (Å²) in [5.41, 5.74) is 2.41. The smallest absolute Gasteiger partial charge is 0.158 e. The molecule has 0 radical (unpaired) electrons. The summed E-state index contributed by atoms with van der Waals surface area (Å²) < 4.78 is 0. The fraction of sp³-hybridized carbons (Fsp3) is 0.364. The fourth-order valence-corrected chi connectivity index (χ4v) is 1.65. The van der Waals surface area contributed by atoms with Gasteiger partial charge in [0.05, 0.1) is 5.52 Å². The Morgan fingerprint density at radius 1 is 1.29 bits per heavy atom. The van der Waals surface area contributed by atoms with Gasteiger partial charge >= 0.3 is 0 Å². The summed E-state index contributed by atoms with van der Waals surface area (Å²) in [6, 6.07) is 6.23. The monoisotopic (exact) mass is 208 g/mol. The van der Waals surface area contributed by atoms with E-state index in [1.807, 2.05) is 6.07 Å². The van der Waals surface area contributed by atoms with E-state index in [0.717, 1.165) is 10.9 Å². The lowest BCUT2D eigenvalue weighted by Crippen LogP contribution is -2.10. The average molecular weight is 209 g/mol. The molecule has 1 aromatic heterocycles. The first kappa shape index (κ1) is 9.53. The summed E-state index contributed by atoms with van der Waals surface area (Å²) >= 11 is 5.95. The first-order valence-corrected chi connectivity index (χ1v) is 5.00. The normalized spacial score (nSPS) is 12.3. The highest BCUT2D eigenvalue weighted by molar-refractivity contribution is 6.34. The Bertz CT molecular complexity index is 466. The van der Waals surface area contributed by atoms with Crippen LogP contribution in [0.15, 0.2) is 18.2 Å². The number of halogens is 1. The molecule has 0 fully saturated rings. The second kappa shape index (κ2) is 2.99. The molecule has 2 rings (SSSR count). The van der Waals surface area contributed by atoms with Crippen LogP contribution in [0.1, 0.15) is 26.3 Å². The molecular formula is C11H13ClN2. The van der Waals surface area contributed by atoms with Crippen LogP contribution < -0.4 is 0 Å². The van der Waals surface area contributed by atoms with Crippen molar-refractivity contribution in [2.24, 2.45) is 0 Å². The van der Waals surface area contributed by atoms with Gasteiger partial charge in [0.25, 0.3) is 0 Å². The SMILES string of the molecule is CC(C)(C)c1ccc2[nH]nc(Cl)c2c1. The number of H-pyrrole nitrogens is 1. The van der Waals surface area contributed by atoms with Gasteiger partial charge in [0.2, 0.25) is 0 Å². The minimum Gasteiger partial charge on any atom is -0.276 e. The van der Waals surface area contributed by atoms with Gasteiger partial charge in [-0.25, -0.2) is 0 Å². The molecule has 14 heavy (non-hydrogen) atoms. The summed E-state index contributed by atoms with van der Waals surface area (Å²) in [6.07, 6.45) is 0. The molecule has 0 saturated heterocycles. The van der Waals surface area contributed by atoms with E-state index in [1.54, 1.807) is 0 Å². The van der Waals surface area contributed by atoms with E-state index in [4.69, 9.17) is 11.6 Å². The third-order valence-electron chi connectivity index (χ3n) is 2.38. The van der Waals surface area contributed by atoms with E-state index in [-0.39, 0.29) is 5.41 Å². The number of nitrogens with zero attached hydrogens (tertiary/aromatic N) is 1. The predicted molar refractivity (Wildman–Crippen MR) is 59.8 cm³/mol. The number of hydrogen-bond donors (Lipinski definition) is 1. The molecule has 2 aromatic rings. The highest BCUT2D eigenvalue weighted by Gasteiger charge is 2.15. The number of nitrogens with one attached hydrogen (secondary N) is 1. The molecule has 0 unspecified atom stereocenters. The highest BCUT2D eigenvalue weighted by Crippen LogP contribution is 2.28. The van der Waals surface area contributed by atoms with Crippen LogP contribution in [0.2, 0.25) is 5.15 Å². The van der Waals surface area contributed by atoms with Gasteiger partial charge in [-0.05, 0) is 23.1 Å². The standard InChI is InChI=1S/C11H13ClN2/c1-11(2,3)7-4-5-9-8(6-7)10(12)14-13-9/h4-6H,1-3H3,(H,13,14). The number of benzene rings is 1. The number of rotatable bonds is 0. The Labute approximate surface area is 88.3 Å². The first-order valence-electron chi connectivity index (χ1n) is 4.62. The van der Waals surface area contributed by atoms with E-state index in [2.05, 4.69) is 43.1 Å². The molecule has 0 aliphatic carbocycles. The minimum atomic E-state index is 0.148. The van der Waals surface area contributed by atoms with Crippen LogP contribution in [-0.2, 0) is 5.41 Å². The first-order chi connectivity index (χ1) is 6.48. The van der Waals surface area contributed by atoms with Gasteiger partial charge < -0.3 is 0 Å². The van der Waals surface area contributed by atoms with Gasteiger partial charge in [-0.2, -0.15) is 5.10 Å². The number of fused-ring (bicyclic) bond motifs is 1. The Morgan fingerprint density at radius 2 is 2.00 bits per heavy atom. The van der Waals surface area contributed by atoms with Crippen LogP contribution in [0.4, 0.5) is 0 Å². The Morgan fingerprint density at radius 3 is 2.64 bits per heavy atom. The van der Waals surface area contributed by atoms with Crippen molar-refractivity contribution in [1.82, 2.24) is 10.2 Å². The maximum atomic E-state index is 5.95. The Kier molecular flexibility index (Phi) is 2.04. The number of hydrogen-bond acceptors (Lipinski definition) is 1. The largest absolute Gasteiger partial charge is 0.276 e. The van der Waals surface area contributed by atoms with Crippen molar-refractivity contribution in [2.45, 2.75) is 26.2 Å². The zero-order valence-corrected chi connectivity index (χ0v) is 9.31. The molecule has 2 nitrogen and oxygen atoms in total. The van der Waals surface area contributed by atoms with Crippen molar-refractivity contribution in [1.29, 1.82) is 0 Å². The van der Waals surface area contributed by atoms with Crippen molar-refractivity contribution in [3.63, 3.8) is 0 Å². The minimum absolute atomic E-state index is 0.148. The molecule has 0 saturated carbocycles. The summed E-state index contributed by atoms with van der Waals surface area (Å²) in [5, 5.41) is 8.39. The second-order valence-corrected chi connectivity index (χ2v) is 4.88. The fourth-order valence-electron chi connectivity index (χ4n) is 1.45. The molecular weight excluding hydrogens is 196 g/mol. The third-order valence-corrected chi connectivity index (χ3v) is 2.67. The maximum Gasteiger partial charge on any atom is 0.158 e. The van der Waals surface area contributed by atoms with Crippen molar-refractivity contribution in [2.75, 3.05) is 0 Å². The predicted octanol–water partition coefficient (Wildman–Crippen LogP) is 3.51. The number of aromatic amines is 1. The zero-order chi connectivity index (χ0) is 10.3.